The number of carbonyl (C=O) groups is 1. The Morgan fingerprint density at radius 2 is 2.05 bits per heavy atom. The zero-order valence-electron chi connectivity index (χ0n) is 10.2. The molecule has 1 rings (SSSR count). The molecule has 1 amide bonds. The molecule has 0 bridgehead atoms. The number of nitro groups is 1. The standard InChI is InChI=1S/C11H11ClF2N2O3/c1-11(2,5-12)10(17)15-9-7(14)3-6(13)4-8(9)16(18)19/h3-4H,5H2,1-2H3,(H,15,17). The molecule has 5 nitrogen and oxygen atoms in total. The molecular weight excluding hydrogens is 282 g/mol. The van der Waals surface area contributed by atoms with Crippen molar-refractivity contribution in [2.75, 3.05) is 11.2 Å². The number of benzene rings is 1. The van der Waals surface area contributed by atoms with E-state index in [0.29, 0.717) is 12.1 Å². The summed E-state index contributed by atoms with van der Waals surface area (Å²) in [6.07, 6.45) is 0. The zero-order chi connectivity index (χ0) is 14.8. The van der Waals surface area contributed by atoms with Gasteiger partial charge in [-0.2, -0.15) is 0 Å². The third-order valence-electron chi connectivity index (χ3n) is 2.42. The van der Waals surface area contributed by atoms with Crippen LogP contribution in [0.1, 0.15) is 13.8 Å². The second-order valence-corrected chi connectivity index (χ2v) is 4.78. The Balaban J connectivity index is 3.21. The topological polar surface area (TPSA) is 72.2 Å². The summed E-state index contributed by atoms with van der Waals surface area (Å²) in [6.45, 7) is 2.98. The third-order valence-corrected chi connectivity index (χ3v) is 3.09. The normalized spacial score (nSPS) is 11.2. The molecule has 0 atom stereocenters. The Bertz CT molecular complexity index is 535. The Hall–Kier alpha value is -1.76. The van der Waals surface area contributed by atoms with Crippen LogP contribution in [0.2, 0.25) is 0 Å². The van der Waals surface area contributed by atoms with Gasteiger partial charge in [0.25, 0.3) is 5.69 Å². The number of nitro benzene ring substituents is 1. The largest absolute Gasteiger partial charge is 0.317 e. The molecule has 0 aliphatic rings. The maximum Gasteiger partial charge on any atom is 0.298 e. The van der Waals surface area contributed by atoms with Crippen LogP contribution in [0.3, 0.4) is 0 Å². The van der Waals surface area contributed by atoms with Gasteiger partial charge in [0.15, 0.2) is 11.5 Å². The summed E-state index contributed by atoms with van der Waals surface area (Å²) in [5.41, 5.74) is -2.57. The molecule has 0 fully saturated rings. The van der Waals surface area contributed by atoms with Crippen LogP contribution in [0.4, 0.5) is 20.2 Å². The number of hydrogen-bond donors (Lipinski definition) is 1. The predicted molar refractivity (Wildman–Crippen MR) is 66.1 cm³/mol. The van der Waals surface area contributed by atoms with Gasteiger partial charge in [0.05, 0.1) is 16.4 Å². The second kappa shape index (κ2) is 5.48. The lowest BCUT2D eigenvalue weighted by Crippen LogP contribution is -2.32. The van der Waals surface area contributed by atoms with Crippen LogP contribution in [-0.4, -0.2) is 16.7 Å². The van der Waals surface area contributed by atoms with Gasteiger partial charge in [-0.3, -0.25) is 14.9 Å². The highest BCUT2D eigenvalue weighted by molar-refractivity contribution is 6.20. The number of halogens is 3. The maximum atomic E-state index is 13.5. The van der Waals surface area contributed by atoms with Gasteiger partial charge in [0.2, 0.25) is 5.91 Å². The average Bonchev–Trinajstić information content (AvgIpc) is 2.31. The van der Waals surface area contributed by atoms with Gasteiger partial charge < -0.3 is 5.32 Å². The summed E-state index contributed by atoms with van der Waals surface area (Å²) in [5, 5.41) is 12.8. The van der Waals surface area contributed by atoms with Gasteiger partial charge in [0.1, 0.15) is 5.82 Å². The minimum absolute atomic E-state index is 0.0601. The Morgan fingerprint density at radius 3 is 2.53 bits per heavy atom. The summed E-state index contributed by atoms with van der Waals surface area (Å²) < 4.78 is 26.5. The second-order valence-electron chi connectivity index (χ2n) is 4.51. The molecule has 0 aliphatic carbocycles. The Kier molecular flexibility index (Phi) is 4.41. The quantitative estimate of drug-likeness (QED) is 0.526. The summed E-state index contributed by atoms with van der Waals surface area (Å²) in [4.78, 5) is 21.5. The molecule has 1 aromatic rings. The fraction of sp³-hybridized carbons (Fsp3) is 0.364. The number of nitrogens with zero attached hydrogens (tertiary/aromatic N) is 1. The van der Waals surface area contributed by atoms with Crippen LogP contribution in [0.25, 0.3) is 0 Å². The molecule has 1 aromatic carbocycles. The molecule has 0 heterocycles. The number of rotatable bonds is 4. The highest BCUT2D eigenvalue weighted by atomic mass is 35.5. The fourth-order valence-corrected chi connectivity index (χ4v) is 1.29. The van der Waals surface area contributed by atoms with Crippen LogP contribution in [-0.2, 0) is 4.79 Å². The molecule has 0 radical (unpaired) electrons. The van der Waals surface area contributed by atoms with E-state index in [9.17, 15) is 23.7 Å². The minimum Gasteiger partial charge on any atom is -0.317 e. The first-order valence-corrected chi connectivity index (χ1v) is 5.73. The Morgan fingerprint density at radius 1 is 1.47 bits per heavy atom. The lowest BCUT2D eigenvalue weighted by molar-refractivity contribution is -0.384. The number of nitrogens with one attached hydrogen (secondary N) is 1. The van der Waals surface area contributed by atoms with E-state index in [1.54, 1.807) is 0 Å². The molecule has 0 saturated carbocycles. The number of carbonyl (C=O) groups excluding carboxylic acids is 1. The highest BCUT2D eigenvalue weighted by Crippen LogP contribution is 2.30. The monoisotopic (exact) mass is 292 g/mol. The van der Waals surface area contributed by atoms with Crippen LogP contribution in [0, 0.1) is 27.2 Å². The van der Waals surface area contributed by atoms with E-state index in [1.807, 2.05) is 0 Å². The number of alkyl halides is 1. The number of hydrogen-bond acceptors (Lipinski definition) is 3. The van der Waals surface area contributed by atoms with Crippen LogP contribution in [0.5, 0.6) is 0 Å². The molecule has 0 unspecified atom stereocenters. The van der Waals surface area contributed by atoms with Gasteiger partial charge in [-0.15, -0.1) is 11.6 Å². The molecule has 0 aromatic heterocycles. The summed E-state index contributed by atoms with van der Waals surface area (Å²) in [7, 11) is 0. The lowest BCUT2D eigenvalue weighted by atomic mass is 9.95. The minimum atomic E-state index is -1.22. The van der Waals surface area contributed by atoms with Gasteiger partial charge >= 0.3 is 0 Å². The first-order chi connectivity index (χ1) is 8.69. The van der Waals surface area contributed by atoms with Crippen molar-refractivity contribution in [2.24, 2.45) is 5.41 Å². The van der Waals surface area contributed by atoms with E-state index in [-0.39, 0.29) is 5.88 Å². The number of anilines is 1. The molecule has 0 saturated heterocycles. The smallest absolute Gasteiger partial charge is 0.298 e. The summed E-state index contributed by atoms with van der Waals surface area (Å²) >= 11 is 5.57. The van der Waals surface area contributed by atoms with Crippen molar-refractivity contribution in [3.05, 3.63) is 33.9 Å². The summed E-state index contributed by atoms with van der Waals surface area (Å²) in [5.74, 6) is -3.07. The lowest BCUT2D eigenvalue weighted by Gasteiger charge is -2.20. The molecular formula is C11H11ClF2N2O3. The van der Waals surface area contributed by atoms with Crippen LogP contribution >= 0.6 is 11.6 Å². The summed E-state index contributed by atoms with van der Waals surface area (Å²) in [6, 6.07) is 0.989. The molecule has 8 heteroatoms. The van der Waals surface area contributed by atoms with Crippen molar-refractivity contribution in [1.29, 1.82) is 0 Å². The first-order valence-electron chi connectivity index (χ1n) is 5.20. The van der Waals surface area contributed by atoms with Crippen molar-refractivity contribution in [3.63, 3.8) is 0 Å². The molecule has 0 spiro atoms. The van der Waals surface area contributed by atoms with E-state index in [2.05, 4.69) is 5.32 Å². The van der Waals surface area contributed by atoms with Crippen molar-refractivity contribution in [2.45, 2.75) is 13.8 Å². The first kappa shape index (κ1) is 15.3. The van der Waals surface area contributed by atoms with Gasteiger partial charge in [-0.1, -0.05) is 0 Å². The maximum absolute atomic E-state index is 13.5. The van der Waals surface area contributed by atoms with Crippen molar-refractivity contribution < 1.29 is 18.5 Å². The van der Waals surface area contributed by atoms with E-state index in [1.165, 1.54) is 13.8 Å². The van der Waals surface area contributed by atoms with Crippen molar-refractivity contribution >= 4 is 28.9 Å². The molecule has 0 aliphatic heterocycles. The van der Waals surface area contributed by atoms with E-state index in [4.69, 9.17) is 11.6 Å². The predicted octanol–water partition coefficient (Wildman–Crippen LogP) is 3.08. The zero-order valence-corrected chi connectivity index (χ0v) is 10.9. The SMILES string of the molecule is CC(C)(CCl)C(=O)Nc1c(F)cc(F)cc1[N+](=O)[O-]. The van der Waals surface area contributed by atoms with E-state index < -0.39 is 39.3 Å². The molecule has 104 valence electrons. The van der Waals surface area contributed by atoms with Crippen molar-refractivity contribution in [1.82, 2.24) is 0 Å². The van der Waals surface area contributed by atoms with Crippen LogP contribution < -0.4 is 5.32 Å². The average molecular weight is 293 g/mol. The van der Waals surface area contributed by atoms with Gasteiger partial charge in [-0.25, -0.2) is 8.78 Å². The molecule has 19 heavy (non-hydrogen) atoms. The third kappa shape index (κ3) is 3.37. The molecule has 1 N–H and O–H groups in total. The van der Waals surface area contributed by atoms with Gasteiger partial charge in [-0.05, 0) is 13.8 Å². The Labute approximate surface area is 112 Å². The highest BCUT2D eigenvalue weighted by Gasteiger charge is 2.30. The van der Waals surface area contributed by atoms with Gasteiger partial charge in [0, 0.05) is 11.9 Å². The number of amides is 1. The van der Waals surface area contributed by atoms with E-state index >= 15 is 0 Å². The van der Waals surface area contributed by atoms with Crippen LogP contribution in [0.15, 0.2) is 12.1 Å². The van der Waals surface area contributed by atoms with Crippen molar-refractivity contribution in [3.8, 4) is 0 Å². The fourth-order valence-electron chi connectivity index (χ4n) is 1.17. The van der Waals surface area contributed by atoms with E-state index in [0.717, 1.165) is 0 Å².